The molecule has 0 spiro atoms. The van der Waals surface area contributed by atoms with Crippen molar-refractivity contribution in [3.05, 3.63) is 51.7 Å². The molecular weight excluding hydrogens is 374 g/mol. The first-order valence-electron chi connectivity index (χ1n) is 9.61. The average Bonchev–Trinajstić information content (AvgIpc) is 3.37. The number of thiophene rings is 1. The Hall–Kier alpha value is -1.76. The fraction of sp³-hybridized carbons (Fsp3) is 0.429. The van der Waals surface area contributed by atoms with Gasteiger partial charge in [-0.15, -0.1) is 22.7 Å². The molecule has 1 saturated heterocycles. The summed E-state index contributed by atoms with van der Waals surface area (Å²) in [5.41, 5.74) is 1.08. The molecule has 0 radical (unpaired) electrons. The predicted octanol–water partition coefficient (Wildman–Crippen LogP) is 4.59. The Morgan fingerprint density at radius 1 is 1.30 bits per heavy atom. The third-order valence-electron chi connectivity index (χ3n) is 5.20. The Bertz CT molecular complexity index is 857. The lowest BCUT2D eigenvalue weighted by Crippen LogP contribution is -2.44. The topological polar surface area (TPSA) is 36.4 Å². The molecule has 0 bridgehead atoms. The largest absolute Gasteiger partial charge is 0.341 e. The summed E-state index contributed by atoms with van der Waals surface area (Å²) in [6.07, 6.45) is 2.18. The Kier molecular flexibility index (Phi) is 5.86. The summed E-state index contributed by atoms with van der Waals surface area (Å²) in [5, 5.41) is 3.28. The number of benzene rings is 1. The summed E-state index contributed by atoms with van der Waals surface area (Å²) in [5.74, 6) is 0.617. The lowest BCUT2D eigenvalue weighted by atomic mass is 9.98. The van der Waals surface area contributed by atoms with E-state index in [4.69, 9.17) is 4.98 Å². The molecule has 1 aliphatic rings. The molecule has 142 valence electrons. The summed E-state index contributed by atoms with van der Waals surface area (Å²) in [7, 11) is 0. The van der Waals surface area contributed by atoms with Crippen molar-refractivity contribution >= 4 is 38.8 Å². The summed E-state index contributed by atoms with van der Waals surface area (Å²) >= 11 is 3.54. The fourth-order valence-corrected chi connectivity index (χ4v) is 5.50. The van der Waals surface area contributed by atoms with Crippen LogP contribution >= 0.6 is 22.7 Å². The van der Waals surface area contributed by atoms with Gasteiger partial charge < -0.3 is 4.90 Å². The molecule has 3 aromatic rings. The van der Waals surface area contributed by atoms with Crippen LogP contribution in [0.1, 0.15) is 35.6 Å². The first kappa shape index (κ1) is 18.6. The van der Waals surface area contributed by atoms with Crippen LogP contribution in [-0.2, 0) is 11.3 Å². The molecule has 4 nitrogen and oxygen atoms in total. The first-order valence-corrected chi connectivity index (χ1v) is 11.3. The van der Waals surface area contributed by atoms with Crippen LogP contribution in [0, 0.1) is 0 Å². The van der Waals surface area contributed by atoms with Crippen molar-refractivity contribution in [2.75, 3.05) is 26.2 Å². The monoisotopic (exact) mass is 399 g/mol. The van der Waals surface area contributed by atoms with E-state index >= 15 is 0 Å². The molecule has 1 aliphatic heterocycles. The molecule has 0 saturated carbocycles. The zero-order valence-corrected chi connectivity index (χ0v) is 17.3. The molecule has 1 aromatic carbocycles. The Morgan fingerprint density at radius 2 is 2.19 bits per heavy atom. The van der Waals surface area contributed by atoms with Crippen LogP contribution in [0.5, 0.6) is 0 Å². The number of thiazole rings is 1. The van der Waals surface area contributed by atoms with Crippen molar-refractivity contribution in [1.82, 2.24) is 14.8 Å². The number of hydrogen-bond donors (Lipinski definition) is 0. The van der Waals surface area contributed by atoms with Gasteiger partial charge in [0.15, 0.2) is 0 Å². The molecule has 1 fully saturated rings. The summed E-state index contributed by atoms with van der Waals surface area (Å²) in [6, 6.07) is 12.5. The number of rotatable bonds is 6. The van der Waals surface area contributed by atoms with Crippen molar-refractivity contribution in [2.24, 2.45) is 0 Å². The molecule has 4 rings (SSSR count). The van der Waals surface area contributed by atoms with Gasteiger partial charge in [0.1, 0.15) is 0 Å². The van der Waals surface area contributed by atoms with Crippen molar-refractivity contribution in [3.63, 3.8) is 0 Å². The molecule has 3 heterocycles. The number of fused-ring (bicyclic) bond motifs is 1. The third kappa shape index (κ3) is 4.39. The molecule has 6 heteroatoms. The van der Waals surface area contributed by atoms with E-state index in [0.29, 0.717) is 12.5 Å². The highest BCUT2D eigenvalue weighted by atomic mass is 32.1. The first-order chi connectivity index (χ1) is 13.2. The van der Waals surface area contributed by atoms with Gasteiger partial charge in [0.25, 0.3) is 0 Å². The number of likely N-dealkylation sites (N-methyl/N-ethyl adjacent to an activating group) is 1. The number of likely N-dealkylation sites (tertiary alicyclic amines) is 1. The number of hydrogen-bond acceptors (Lipinski definition) is 5. The van der Waals surface area contributed by atoms with Crippen LogP contribution in [0.25, 0.3) is 10.2 Å². The van der Waals surface area contributed by atoms with Crippen molar-refractivity contribution in [3.8, 4) is 0 Å². The zero-order chi connectivity index (χ0) is 18.6. The minimum atomic E-state index is 0.249. The van der Waals surface area contributed by atoms with Crippen molar-refractivity contribution in [1.29, 1.82) is 0 Å². The van der Waals surface area contributed by atoms with E-state index in [9.17, 15) is 4.79 Å². The van der Waals surface area contributed by atoms with Crippen LogP contribution in [0.15, 0.2) is 41.8 Å². The second-order valence-corrected chi connectivity index (χ2v) is 9.18. The van der Waals surface area contributed by atoms with Gasteiger partial charge in [-0.1, -0.05) is 25.1 Å². The van der Waals surface area contributed by atoms with Crippen LogP contribution < -0.4 is 0 Å². The third-order valence-corrected chi connectivity index (χ3v) is 7.26. The molecule has 0 aliphatic carbocycles. The van der Waals surface area contributed by atoms with Crippen LogP contribution in [0.4, 0.5) is 0 Å². The predicted molar refractivity (Wildman–Crippen MR) is 113 cm³/mol. The second kappa shape index (κ2) is 8.50. The maximum absolute atomic E-state index is 12.9. The van der Waals surface area contributed by atoms with E-state index in [0.717, 1.165) is 44.5 Å². The Labute approximate surface area is 168 Å². The minimum absolute atomic E-state index is 0.249. The van der Waals surface area contributed by atoms with Crippen molar-refractivity contribution < 1.29 is 4.79 Å². The lowest BCUT2D eigenvalue weighted by molar-refractivity contribution is -0.133. The number of amides is 1. The number of carbonyl (C=O) groups excluding carboxylic acids is 1. The van der Waals surface area contributed by atoms with E-state index in [-0.39, 0.29) is 5.91 Å². The lowest BCUT2D eigenvalue weighted by Gasteiger charge is -2.33. The standard InChI is InChI=1S/C21H25N3OS2/c1-2-23(14-17-8-6-12-26-17)15-20(25)24-11-5-7-16(13-24)21-22-18-9-3-4-10-19(18)27-21/h3-4,6,8-10,12,16H,2,5,7,11,13-15H2,1H3/t16-/m0/s1. The normalized spacial score (nSPS) is 17.7. The van der Waals surface area contributed by atoms with Crippen LogP contribution in [-0.4, -0.2) is 46.9 Å². The maximum atomic E-state index is 12.9. The molecule has 1 amide bonds. The van der Waals surface area contributed by atoms with Gasteiger partial charge >= 0.3 is 0 Å². The average molecular weight is 400 g/mol. The van der Waals surface area contributed by atoms with E-state index in [1.807, 2.05) is 6.07 Å². The maximum Gasteiger partial charge on any atom is 0.236 e. The van der Waals surface area contributed by atoms with Gasteiger partial charge in [0.2, 0.25) is 5.91 Å². The number of piperidine rings is 1. The number of aromatic nitrogens is 1. The van der Waals surface area contributed by atoms with E-state index in [1.54, 1.807) is 22.7 Å². The second-order valence-electron chi connectivity index (χ2n) is 7.08. The zero-order valence-electron chi connectivity index (χ0n) is 15.6. The SMILES string of the molecule is CCN(CC(=O)N1CCC[C@H](c2nc3ccccc3s2)C1)Cc1cccs1. The number of para-hydroxylation sites is 1. The van der Waals surface area contributed by atoms with Gasteiger partial charge in [-0.25, -0.2) is 4.98 Å². The summed E-state index contributed by atoms with van der Waals surface area (Å²) in [6.45, 7) is 6.04. The van der Waals surface area contributed by atoms with Gasteiger partial charge in [-0.2, -0.15) is 0 Å². The van der Waals surface area contributed by atoms with Crippen molar-refractivity contribution in [2.45, 2.75) is 32.2 Å². The summed E-state index contributed by atoms with van der Waals surface area (Å²) < 4.78 is 1.24. The van der Waals surface area contributed by atoms with E-state index in [2.05, 4.69) is 52.4 Å². The van der Waals surface area contributed by atoms with Crippen LogP contribution in [0.3, 0.4) is 0 Å². The number of nitrogens with zero attached hydrogens (tertiary/aromatic N) is 3. The van der Waals surface area contributed by atoms with E-state index in [1.165, 1.54) is 14.6 Å². The highest BCUT2D eigenvalue weighted by Gasteiger charge is 2.27. The van der Waals surface area contributed by atoms with Gasteiger partial charge in [-0.05, 0) is 43.0 Å². The molecule has 27 heavy (non-hydrogen) atoms. The molecule has 0 unspecified atom stereocenters. The number of carbonyl (C=O) groups is 1. The molecular formula is C21H25N3OS2. The molecule has 2 aromatic heterocycles. The highest BCUT2D eigenvalue weighted by molar-refractivity contribution is 7.18. The van der Waals surface area contributed by atoms with Crippen LogP contribution in [0.2, 0.25) is 0 Å². The Balaban J connectivity index is 1.40. The fourth-order valence-electron chi connectivity index (χ4n) is 3.66. The smallest absolute Gasteiger partial charge is 0.236 e. The molecule has 1 atom stereocenters. The summed E-state index contributed by atoms with van der Waals surface area (Å²) in [4.78, 5) is 23.3. The molecule has 0 N–H and O–H groups in total. The highest BCUT2D eigenvalue weighted by Crippen LogP contribution is 2.33. The minimum Gasteiger partial charge on any atom is -0.341 e. The van der Waals surface area contributed by atoms with Gasteiger partial charge in [0, 0.05) is 30.4 Å². The Morgan fingerprint density at radius 3 is 2.96 bits per heavy atom. The quantitative estimate of drug-likeness (QED) is 0.608. The van der Waals surface area contributed by atoms with E-state index < -0.39 is 0 Å². The van der Waals surface area contributed by atoms with Gasteiger partial charge in [0.05, 0.1) is 21.8 Å². The van der Waals surface area contributed by atoms with Gasteiger partial charge in [-0.3, -0.25) is 9.69 Å².